The van der Waals surface area contributed by atoms with Crippen LogP contribution in [0.2, 0.25) is 5.02 Å². The molecule has 0 fully saturated rings. The van der Waals surface area contributed by atoms with E-state index in [1.165, 1.54) is 6.20 Å². The first-order valence-corrected chi connectivity index (χ1v) is 7.43. The molecule has 0 aliphatic heterocycles. The molecule has 0 aliphatic carbocycles. The number of halogens is 1. The number of benzene rings is 1. The maximum Gasteiger partial charge on any atom is 0.343 e. The number of rotatable bonds is 3. The number of aromatic nitrogens is 2. The zero-order chi connectivity index (χ0) is 16.4. The van der Waals surface area contributed by atoms with Crippen molar-refractivity contribution in [2.75, 3.05) is 6.61 Å². The van der Waals surface area contributed by atoms with Crippen LogP contribution in [0.4, 0.5) is 0 Å². The number of fused-ring (bicyclic) bond motifs is 1. The average Bonchev–Trinajstić information content (AvgIpc) is 2.57. The molecular weight excluding hydrogens is 316 g/mol. The highest BCUT2D eigenvalue weighted by atomic mass is 35.5. The van der Waals surface area contributed by atoms with Gasteiger partial charge in [-0.25, -0.2) is 9.78 Å². The fraction of sp³-hybridized carbons (Fsp3) is 0.118. The summed E-state index contributed by atoms with van der Waals surface area (Å²) in [6.45, 7) is 1.89. The van der Waals surface area contributed by atoms with Crippen molar-refractivity contribution in [3.05, 3.63) is 69.6 Å². The number of nitrogens with zero attached hydrogens (tertiary/aromatic N) is 2. The van der Waals surface area contributed by atoms with Gasteiger partial charge in [0, 0.05) is 23.1 Å². The Balaban J connectivity index is 2.32. The maximum atomic E-state index is 12.5. The van der Waals surface area contributed by atoms with E-state index >= 15 is 0 Å². The van der Waals surface area contributed by atoms with Gasteiger partial charge in [0.2, 0.25) is 5.43 Å². The second-order valence-corrected chi connectivity index (χ2v) is 5.25. The summed E-state index contributed by atoms with van der Waals surface area (Å²) >= 11 is 5.92. The summed E-state index contributed by atoms with van der Waals surface area (Å²) < 4.78 is 6.65. The molecule has 0 spiro atoms. The molecule has 1 aromatic carbocycles. The molecule has 0 aliphatic rings. The van der Waals surface area contributed by atoms with E-state index in [9.17, 15) is 9.59 Å². The summed E-state index contributed by atoms with van der Waals surface area (Å²) in [7, 11) is 0. The van der Waals surface area contributed by atoms with Crippen LogP contribution in [0.5, 0.6) is 0 Å². The summed E-state index contributed by atoms with van der Waals surface area (Å²) in [6.07, 6.45) is 3.05. The van der Waals surface area contributed by atoms with E-state index in [1.54, 1.807) is 54.1 Å². The van der Waals surface area contributed by atoms with Gasteiger partial charge < -0.3 is 9.30 Å². The Hall–Kier alpha value is -2.66. The van der Waals surface area contributed by atoms with Gasteiger partial charge in [0.15, 0.2) is 0 Å². The van der Waals surface area contributed by atoms with Gasteiger partial charge in [-0.05, 0) is 43.3 Å². The number of esters is 1. The van der Waals surface area contributed by atoms with E-state index in [-0.39, 0.29) is 12.2 Å². The van der Waals surface area contributed by atoms with Crippen LogP contribution in [0.15, 0.2) is 53.6 Å². The highest BCUT2D eigenvalue weighted by molar-refractivity contribution is 6.30. The van der Waals surface area contributed by atoms with Gasteiger partial charge in [0.25, 0.3) is 0 Å². The summed E-state index contributed by atoms with van der Waals surface area (Å²) in [5, 5.41) is 0.950. The zero-order valence-electron chi connectivity index (χ0n) is 12.3. The highest BCUT2D eigenvalue weighted by Gasteiger charge is 2.17. The van der Waals surface area contributed by atoms with Gasteiger partial charge in [0.05, 0.1) is 12.0 Å². The molecule has 0 amide bonds. The van der Waals surface area contributed by atoms with Gasteiger partial charge in [-0.2, -0.15) is 0 Å². The molecule has 3 aromatic rings. The van der Waals surface area contributed by atoms with Gasteiger partial charge >= 0.3 is 5.97 Å². The van der Waals surface area contributed by atoms with Crippen molar-refractivity contribution in [1.82, 2.24) is 9.55 Å². The van der Waals surface area contributed by atoms with Crippen molar-refractivity contribution >= 4 is 28.6 Å². The second-order valence-electron chi connectivity index (χ2n) is 4.81. The molecule has 5 nitrogen and oxygen atoms in total. The van der Waals surface area contributed by atoms with Crippen LogP contribution in [-0.4, -0.2) is 22.1 Å². The lowest BCUT2D eigenvalue weighted by atomic mass is 10.2. The van der Waals surface area contributed by atoms with Gasteiger partial charge in [0.1, 0.15) is 11.2 Å². The molecule has 0 atom stereocenters. The number of hydrogen-bond acceptors (Lipinski definition) is 4. The quantitative estimate of drug-likeness (QED) is 0.693. The first kappa shape index (κ1) is 15.2. The Kier molecular flexibility index (Phi) is 4.12. The third-order valence-corrected chi connectivity index (χ3v) is 3.61. The Labute approximate surface area is 137 Å². The number of ether oxygens (including phenoxy) is 1. The Morgan fingerprint density at radius 1 is 1.26 bits per heavy atom. The van der Waals surface area contributed by atoms with Crippen LogP contribution in [-0.2, 0) is 4.74 Å². The van der Waals surface area contributed by atoms with Crippen molar-refractivity contribution in [2.45, 2.75) is 6.92 Å². The minimum Gasteiger partial charge on any atom is -0.462 e. The number of hydrogen-bond donors (Lipinski definition) is 0. The standard InChI is InChI=1S/C17H13ClN2O3/c1-2-23-17(22)14-10-20(12-7-5-11(18)6-8-12)16-13(15(14)21)4-3-9-19-16/h3-10H,2H2,1H3. The van der Waals surface area contributed by atoms with Crippen LogP contribution >= 0.6 is 11.6 Å². The summed E-state index contributed by atoms with van der Waals surface area (Å²) in [6, 6.07) is 10.3. The highest BCUT2D eigenvalue weighted by Crippen LogP contribution is 2.18. The molecule has 0 radical (unpaired) electrons. The van der Waals surface area contributed by atoms with E-state index in [0.717, 1.165) is 5.69 Å². The molecule has 2 heterocycles. The molecule has 3 rings (SSSR count). The van der Waals surface area contributed by atoms with Gasteiger partial charge in [-0.15, -0.1) is 0 Å². The second kappa shape index (κ2) is 6.22. The van der Waals surface area contributed by atoms with Crippen LogP contribution in [0.25, 0.3) is 16.7 Å². The Morgan fingerprint density at radius 2 is 2.00 bits per heavy atom. The largest absolute Gasteiger partial charge is 0.462 e. The number of pyridine rings is 2. The van der Waals surface area contributed by atoms with E-state index in [0.29, 0.717) is 16.1 Å². The van der Waals surface area contributed by atoms with E-state index in [1.807, 2.05) is 0 Å². The lowest BCUT2D eigenvalue weighted by molar-refractivity contribution is 0.0524. The number of carbonyl (C=O) groups is 1. The molecule has 0 saturated heterocycles. The number of carbonyl (C=O) groups excluding carboxylic acids is 1. The van der Waals surface area contributed by atoms with Crippen molar-refractivity contribution in [2.24, 2.45) is 0 Å². The Bertz CT molecular complexity index is 933. The molecule has 0 unspecified atom stereocenters. The SMILES string of the molecule is CCOC(=O)c1cn(-c2ccc(Cl)cc2)c2ncccc2c1=O. The minimum atomic E-state index is -0.647. The van der Waals surface area contributed by atoms with Gasteiger partial charge in [-0.1, -0.05) is 11.6 Å². The molecule has 0 N–H and O–H groups in total. The van der Waals surface area contributed by atoms with Crippen LogP contribution in [0, 0.1) is 0 Å². The van der Waals surface area contributed by atoms with E-state index in [4.69, 9.17) is 16.3 Å². The van der Waals surface area contributed by atoms with Crippen LogP contribution < -0.4 is 5.43 Å². The zero-order valence-corrected chi connectivity index (χ0v) is 13.1. The van der Waals surface area contributed by atoms with Crippen LogP contribution in [0.3, 0.4) is 0 Å². The third-order valence-electron chi connectivity index (χ3n) is 3.36. The van der Waals surface area contributed by atoms with E-state index in [2.05, 4.69) is 4.98 Å². The topological polar surface area (TPSA) is 61.2 Å². The first-order valence-electron chi connectivity index (χ1n) is 7.05. The summed E-state index contributed by atoms with van der Waals surface area (Å²) in [5.41, 5.74) is 0.788. The first-order chi connectivity index (χ1) is 11.1. The van der Waals surface area contributed by atoms with Crippen molar-refractivity contribution < 1.29 is 9.53 Å². The summed E-state index contributed by atoms with van der Waals surface area (Å²) in [5.74, 6) is -0.647. The average molecular weight is 329 g/mol. The van der Waals surface area contributed by atoms with Crippen molar-refractivity contribution in [3.8, 4) is 5.69 Å². The van der Waals surface area contributed by atoms with Crippen LogP contribution in [0.1, 0.15) is 17.3 Å². The monoisotopic (exact) mass is 328 g/mol. The fourth-order valence-electron chi connectivity index (χ4n) is 2.31. The normalized spacial score (nSPS) is 10.7. The van der Waals surface area contributed by atoms with Crippen molar-refractivity contribution in [1.29, 1.82) is 0 Å². The lowest BCUT2D eigenvalue weighted by Crippen LogP contribution is -2.21. The smallest absolute Gasteiger partial charge is 0.343 e. The molecular formula is C17H13ClN2O3. The minimum absolute atomic E-state index is 0.0256. The van der Waals surface area contributed by atoms with Crippen molar-refractivity contribution in [3.63, 3.8) is 0 Å². The molecule has 2 aromatic heterocycles. The molecule has 0 saturated carbocycles. The fourth-order valence-corrected chi connectivity index (χ4v) is 2.44. The predicted octanol–water partition coefficient (Wildman–Crippen LogP) is 3.22. The molecule has 0 bridgehead atoms. The third kappa shape index (κ3) is 2.83. The molecule has 116 valence electrons. The van der Waals surface area contributed by atoms with Gasteiger partial charge in [-0.3, -0.25) is 4.79 Å². The Morgan fingerprint density at radius 3 is 2.70 bits per heavy atom. The predicted molar refractivity (Wildman–Crippen MR) is 88.3 cm³/mol. The lowest BCUT2D eigenvalue weighted by Gasteiger charge is -2.12. The molecule has 6 heteroatoms. The van der Waals surface area contributed by atoms with E-state index < -0.39 is 11.4 Å². The summed E-state index contributed by atoms with van der Waals surface area (Å²) in [4.78, 5) is 28.8. The molecule has 23 heavy (non-hydrogen) atoms. The maximum absolute atomic E-state index is 12.5.